The van der Waals surface area contributed by atoms with Crippen LogP contribution in [0.3, 0.4) is 0 Å². The molecule has 0 radical (unpaired) electrons. The summed E-state index contributed by atoms with van der Waals surface area (Å²) >= 11 is 0. The molecule has 2 aromatic carbocycles. The van der Waals surface area contributed by atoms with E-state index in [2.05, 4.69) is 19.2 Å². The van der Waals surface area contributed by atoms with Crippen molar-refractivity contribution in [2.24, 2.45) is 5.92 Å². The van der Waals surface area contributed by atoms with E-state index in [4.69, 9.17) is 9.15 Å². The molecule has 1 amide bonds. The summed E-state index contributed by atoms with van der Waals surface area (Å²) in [4.78, 5) is 14.9. The summed E-state index contributed by atoms with van der Waals surface area (Å²) in [5.41, 5.74) is 1.98. The third kappa shape index (κ3) is 5.48. The Morgan fingerprint density at radius 3 is 2.34 bits per heavy atom. The summed E-state index contributed by atoms with van der Waals surface area (Å²) in [7, 11) is 1.66. The van der Waals surface area contributed by atoms with Crippen LogP contribution in [0.25, 0.3) is 0 Å². The summed E-state index contributed by atoms with van der Waals surface area (Å²) in [5.74, 6) is 1.89. The number of carbonyl (C=O) groups is 1. The van der Waals surface area contributed by atoms with Gasteiger partial charge in [-0.2, -0.15) is 0 Å². The van der Waals surface area contributed by atoms with Crippen LogP contribution in [0.4, 0.5) is 5.69 Å². The number of para-hydroxylation sites is 1. The summed E-state index contributed by atoms with van der Waals surface area (Å²) < 4.78 is 10.7. The number of ether oxygens (including phenoxy) is 1. The zero-order valence-electron chi connectivity index (χ0n) is 17.2. The number of furan rings is 1. The summed E-state index contributed by atoms with van der Waals surface area (Å²) in [6.07, 6.45) is 1.62. The molecule has 3 rings (SSSR count). The van der Waals surface area contributed by atoms with Crippen LogP contribution in [0.5, 0.6) is 5.75 Å². The third-order valence-electron chi connectivity index (χ3n) is 4.88. The molecule has 0 saturated carbocycles. The van der Waals surface area contributed by atoms with Gasteiger partial charge in [-0.15, -0.1) is 0 Å². The maximum atomic E-state index is 13.1. The predicted molar refractivity (Wildman–Crippen MR) is 115 cm³/mol. The zero-order chi connectivity index (χ0) is 20.6. The van der Waals surface area contributed by atoms with Crippen LogP contribution in [0, 0.1) is 5.92 Å². The van der Waals surface area contributed by atoms with Gasteiger partial charge in [0.15, 0.2) is 0 Å². The first-order valence-electron chi connectivity index (χ1n) is 9.83. The normalized spacial score (nSPS) is 12.0. The maximum absolute atomic E-state index is 13.1. The molecule has 0 aliphatic rings. The monoisotopic (exact) mass is 392 g/mol. The average Bonchev–Trinajstić information content (AvgIpc) is 3.26. The first-order chi connectivity index (χ1) is 14.1. The molecule has 1 aromatic heterocycles. The first kappa shape index (κ1) is 20.7. The molecule has 1 N–H and O–H groups in total. The van der Waals surface area contributed by atoms with Crippen molar-refractivity contribution in [3.05, 3.63) is 84.3 Å². The fourth-order valence-electron chi connectivity index (χ4n) is 3.33. The highest BCUT2D eigenvalue weighted by molar-refractivity contribution is 5.94. The van der Waals surface area contributed by atoms with Crippen molar-refractivity contribution in [3.8, 4) is 5.75 Å². The topological polar surface area (TPSA) is 54.7 Å². The fraction of sp³-hybridized carbons (Fsp3) is 0.292. The molecule has 0 unspecified atom stereocenters. The molecular weight excluding hydrogens is 364 g/mol. The standard InChI is InChI=1S/C24H28N2O3/c1-18(2)24(19-11-13-21(28-3)14-12-19)25-16-23(27)26(17-22-10-7-15-29-22)20-8-5-4-6-9-20/h4-15,18,24-25H,16-17H2,1-3H3/t24-/m0/s1. The van der Waals surface area contributed by atoms with Gasteiger partial charge in [-0.25, -0.2) is 0 Å². The zero-order valence-corrected chi connectivity index (χ0v) is 17.2. The summed E-state index contributed by atoms with van der Waals surface area (Å²) in [6, 6.07) is 21.4. The second kappa shape index (κ2) is 9.94. The van der Waals surface area contributed by atoms with Gasteiger partial charge in [-0.05, 0) is 47.9 Å². The minimum absolute atomic E-state index is 0.00763. The first-order valence-corrected chi connectivity index (χ1v) is 9.83. The van der Waals surface area contributed by atoms with Crippen LogP contribution in [0.2, 0.25) is 0 Å². The lowest BCUT2D eigenvalue weighted by Crippen LogP contribution is -2.40. The van der Waals surface area contributed by atoms with E-state index in [0.29, 0.717) is 12.5 Å². The van der Waals surface area contributed by atoms with Gasteiger partial charge in [0.1, 0.15) is 11.5 Å². The molecule has 0 saturated heterocycles. The van der Waals surface area contributed by atoms with Gasteiger partial charge < -0.3 is 19.4 Å². The fourth-order valence-corrected chi connectivity index (χ4v) is 3.33. The highest BCUT2D eigenvalue weighted by atomic mass is 16.5. The highest BCUT2D eigenvalue weighted by Crippen LogP contribution is 2.24. The second-order valence-corrected chi connectivity index (χ2v) is 7.27. The largest absolute Gasteiger partial charge is 0.497 e. The third-order valence-corrected chi connectivity index (χ3v) is 4.88. The van der Waals surface area contributed by atoms with Gasteiger partial charge in [-0.3, -0.25) is 4.79 Å². The number of hydrogen-bond acceptors (Lipinski definition) is 4. The Labute approximate surface area is 172 Å². The number of amides is 1. The van der Waals surface area contributed by atoms with Crippen molar-refractivity contribution < 1.29 is 13.9 Å². The van der Waals surface area contributed by atoms with E-state index in [-0.39, 0.29) is 18.5 Å². The molecule has 0 spiro atoms. The number of hydrogen-bond donors (Lipinski definition) is 1. The van der Waals surface area contributed by atoms with Crippen LogP contribution in [0.15, 0.2) is 77.4 Å². The predicted octanol–water partition coefficient (Wildman–Crippen LogP) is 4.81. The SMILES string of the molecule is COc1ccc([C@@H](NCC(=O)N(Cc2ccco2)c2ccccc2)C(C)C)cc1. The van der Waals surface area contributed by atoms with E-state index < -0.39 is 0 Å². The smallest absolute Gasteiger partial charge is 0.241 e. The van der Waals surface area contributed by atoms with Crippen LogP contribution in [0.1, 0.15) is 31.2 Å². The Bertz CT molecular complexity index is 874. The number of benzene rings is 2. The lowest BCUT2D eigenvalue weighted by molar-refractivity contribution is -0.118. The molecule has 0 aliphatic carbocycles. The Balaban J connectivity index is 1.73. The van der Waals surface area contributed by atoms with E-state index in [1.165, 1.54) is 0 Å². The Hall–Kier alpha value is -3.05. The van der Waals surface area contributed by atoms with Gasteiger partial charge in [0.05, 0.1) is 26.5 Å². The van der Waals surface area contributed by atoms with Gasteiger partial charge in [-0.1, -0.05) is 44.2 Å². The quantitative estimate of drug-likeness (QED) is 0.568. The van der Waals surface area contributed by atoms with E-state index in [0.717, 1.165) is 22.8 Å². The molecule has 3 aromatic rings. The molecule has 1 atom stereocenters. The minimum atomic E-state index is -0.00763. The van der Waals surface area contributed by atoms with Crippen LogP contribution < -0.4 is 15.0 Å². The Kier molecular flexibility index (Phi) is 7.09. The van der Waals surface area contributed by atoms with E-state index in [9.17, 15) is 4.79 Å². The lowest BCUT2D eigenvalue weighted by atomic mass is 9.96. The van der Waals surface area contributed by atoms with Gasteiger partial charge in [0.2, 0.25) is 5.91 Å². The molecule has 1 heterocycles. The Morgan fingerprint density at radius 2 is 1.76 bits per heavy atom. The highest BCUT2D eigenvalue weighted by Gasteiger charge is 2.21. The van der Waals surface area contributed by atoms with Crippen molar-refractivity contribution in [1.29, 1.82) is 0 Å². The molecule has 5 nitrogen and oxygen atoms in total. The number of rotatable bonds is 9. The van der Waals surface area contributed by atoms with E-state index >= 15 is 0 Å². The average molecular weight is 392 g/mol. The number of anilines is 1. The summed E-state index contributed by atoms with van der Waals surface area (Å²) in [6.45, 7) is 4.91. The van der Waals surface area contributed by atoms with E-state index in [1.807, 2.05) is 66.7 Å². The van der Waals surface area contributed by atoms with Gasteiger partial charge in [0.25, 0.3) is 0 Å². The number of methoxy groups -OCH3 is 1. The van der Waals surface area contributed by atoms with E-state index in [1.54, 1.807) is 18.3 Å². The Morgan fingerprint density at radius 1 is 1.03 bits per heavy atom. The van der Waals surface area contributed by atoms with Crippen molar-refractivity contribution in [1.82, 2.24) is 5.32 Å². The number of nitrogens with one attached hydrogen (secondary N) is 1. The molecule has 0 aliphatic heterocycles. The van der Waals surface area contributed by atoms with Crippen molar-refractivity contribution in [3.63, 3.8) is 0 Å². The molecule has 5 heteroatoms. The molecule has 0 bridgehead atoms. The summed E-state index contributed by atoms with van der Waals surface area (Å²) in [5, 5.41) is 3.44. The maximum Gasteiger partial charge on any atom is 0.241 e. The van der Waals surface area contributed by atoms with Crippen LogP contribution in [-0.4, -0.2) is 19.6 Å². The van der Waals surface area contributed by atoms with Crippen LogP contribution >= 0.6 is 0 Å². The van der Waals surface area contributed by atoms with Gasteiger partial charge in [0, 0.05) is 11.7 Å². The molecule has 0 fully saturated rings. The molecule has 29 heavy (non-hydrogen) atoms. The van der Waals surface area contributed by atoms with Crippen molar-refractivity contribution in [2.75, 3.05) is 18.6 Å². The van der Waals surface area contributed by atoms with Crippen LogP contribution in [-0.2, 0) is 11.3 Å². The second-order valence-electron chi connectivity index (χ2n) is 7.27. The van der Waals surface area contributed by atoms with Gasteiger partial charge >= 0.3 is 0 Å². The molecule has 152 valence electrons. The van der Waals surface area contributed by atoms with Crippen molar-refractivity contribution >= 4 is 11.6 Å². The number of carbonyl (C=O) groups excluding carboxylic acids is 1. The minimum Gasteiger partial charge on any atom is -0.497 e. The lowest BCUT2D eigenvalue weighted by Gasteiger charge is -2.26. The molecular formula is C24H28N2O3. The van der Waals surface area contributed by atoms with Crippen molar-refractivity contribution in [2.45, 2.75) is 26.4 Å². The number of nitrogens with zero attached hydrogens (tertiary/aromatic N) is 1.